The third-order valence-electron chi connectivity index (χ3n) is 3.95. The number of aromatic nitrogens is 2. The molecule has 0 amide bonds. The van der Waals surface area contributed by atoms with Crippen molar-refractivity contribution in [2.24, 2.45) is 0 Å². The Balaban J connectivity index is 1.94. The summed E-state index contributed by atoms with van der Waals surface area (Å²) in [6.45, 7) is 3.61. The molecule has 2 N–H and O–H groups in total. The zero-order valence-electron chi connectivity index (χ0n) is 11.8. The minimum absolute atomic E-state index is 0.289. The van der Waals surface area contributed by atoms with E-state index in [9.17, 15) is 4.79 Å². The van der Waals surface area contributed by atoms with Crippen LogP contribution < -0.4 is 5.73 Å². The molecule has 6 nitrogen and oxygen atoms in total. The fraction of sp³-hybridized carbons (Fsp3) is 0.714. The van der Waals surface area contributed by atoms with E-state index >= 15 is 0 Å². The second kappa shape index (κ2) is 5.44. The van der Waals surface area contributed by atoms with Gasteiger partial charge in [0.2, 0.25) is 0 Å². The molecule has 110 valence electrons. The molecule has 0 atom stereocenters. The first-order valence-electron chi connectivity index (χ1n) is 7.35. The molecule has 2 fully saturated rings. The minimum atomic E-state index is -0.359. The van der Waals surface area contributed by atoms with Crippen molar-refractivity contribution in [1.82, 2.24) is 9.78 Å². The van der Waals surface area contributed by atoms with Crippen molar-refractivity contribution >= 4 is 11.7 Å². The van der Waals surface area contributed by atoms with Crippen molar-refractivity contribution in [3.63, 3.8) is 0 Å². The Kier molecular flexibility index (Phi) is 3.65. The van der Waals surface area contributed by atoms with Gasteiger partial charge in [0, 0.05) is 19.1 Å². The number of esters is 1. The highest BCUT2D eigenvalue weighted by molar-refractivity contribution is 5.94. The Morgan fingerprint density at radius 1 is 1.40 bits per heavy atom. The molecule has 1 aliphatic heterocycles. The summed E-state index contributed by atoms with van der Waals surface area (Å²) < 4.78 is 12.3. The molecule has 2 heterocycles. The molecule has 2 aliphatic rings. The third-order valence-corrected chi connectivity index (χ3v) is 3.95. The van der Waals surface area contributed by atoms with E-state index in [-0.39, 0.29) is 11.9 Å². The SMILES string of the molecule is CCOC(=O)c1c(N)c(C2CCOCC2)nn1C1CC1. The standard InChI is InChI=1S/C14H21N3O3/c1-2-20-14(18)13-11(15)12(9-5-7-19-8-6-9)16-17(13)10-3-4-10/h9-10H,2-8,15H2,1H3. The fourth-order valence-electron chi connectivity index (χ4n) is 2.72. The Labute approximate surface area is 118 Å². The molecular formula is C14H21N3O3. The summed E-state index contributed by atoms with van der Waals surface area (Å²) in [5.41, 5.74) is 8.00. The molecule has 3 rings (SSSR count). The molecule has 1 aromatic heterocycles. The lowest BCUT2D eigenvalue weighted by molar-refractivity contribution is 0.0513. The number of hydrogen-bond donors (Lipinski definition) is 1. The van der Waals surface area contributed by atoms with Gasteiger partial charge in [0.25, 0.3) is 0 Å². The van der Waals surface area contributed by atoms with Crippen LogP contribution in [0.4, 0.5) is 5.69 Å². The summed E-state index contributed by atoms with van der Waals surface area (Å²) in [5, 5.41) is 4.63. The summed E-state index contributed by atoms with van der Waals surface area (Å²) in [4.78, 5) is 12.1. The molecule has 20 heavy (non-hydrogen) atoms. The van der Waals surface area contributed by atoms with E-state index in [1.54, 1.807) is 11.6 Å². The second-order valence-corrected chi connectivity index (χ2v) is 5.43. The van der Waals surface area contributed by atoms with E-state index in [0.717, 1.165) is 44.6 Å². The van der Waals surface area contributed by atoms with Crippen LogP contribution in [-0.4, -0.2) is 35.6 Å². The minimum Gasteiger partial charge on any atom is -0.461 e. The quantitative estimate of drug-likeness (QED) is 0.851. The second-order valence-electron chi connectivity index (χ2n) is 5.43. The van der Waals surface area contributed by atoms with Gasteiger partial charge in [-0.2, -0.15) is 5.10 Å². The van der Waals surface area contributed by atoms with E-state index < -0.39 is 0 Å². The first-order chi connectivity index (χ1) is 9.72. The van der Waals surface area contributed by atoms with E-state index in [1.807, 2.05) is 0 Å². The fourth-order valence-corrected chi connectivity index (χ4v) is 2.72. The molecule has 6 heteroatoms. The number of nitrogens with zero attached hydrogens (tertiary/aromatic N) is 2. The number of nitrogens with two attached hydrogens (primary N) is 1. The monoisotopic (exact) mass is 279 g/mol. The lowest BCUT2D eigenvalue weighted by atomic mass is 9.95. The van der Waals surface area contributed by atoms with Gasteiger partial charge in [0.05, 0.1) is 24.0 Å². The molecule has 0 unspecified atom stereocenters. The summed E-state index contributed by atoms with van der Waals surface area (Å²) >= 11 is 0. The Bertz CT molecular complexity index is 502. The smallest absolute Gasteiger partial charge is 0.358 e. The Morgan fingerprint density at radius 3 is 2.70 bits per heavy atom. The van der Waals surface area contributed by atoms with Gasteiger partial charge >= 0.3 is 5.97 Å². The van der Waals surface area contributed by atoms with Gasteiger partial charge < -0.3 is 15.2 Å². The van der Waals surface area contributed by atoms with Crippen molar-refractivity contribution in [1.29, 1.82) is 0 Å². The van der Waals surface area contributed by atoms with Gasteiger partial charge in [0.15, 0.2) is 5.69 Å². The maximum Gasteiger partial charge on any atom is 0.358 e. The van der Waals surface area contributed by atoms with Gasteiger partial charge in [-0.15, -0.1) is 0 Å². The summed E-state index contributed by atoms with van der Waals surface area (Å²) in [6, 6.07) is 0.310. The van der Waals surface area contributed by atoms with Gasteiger partial charge in [0.1, 0.15) is 0 Å². The van der Waals surface area contributed by atoms with Crippen LogP contribution in [-0.2, 0) is 9.47 Å². The van der Waals surface area contributed by atoms with Crippen LogP contribution in [0.2, 0.25) is 0 Å². The number of rotatable bonds is 4. The van der Waals surface area contributed by atoms with Crippen molar-refractivity contribution in [3.8, 4) is 0 Å². The van der Waals surface area contributed by atoms with Crippen LogP contribution in [0.1, 0.15) is 60.7 Å². The maximum absolute atomic E-state index is 12.1. The van der Waals surface area contributed by atoms with E-state index in [4.69, 9.17) is 15.2 Å². The van der Waals surface area contributed by atoms with Crippen molar-refractivity contribution < 1.29 is 14.3 Å². The number of nitrogen functional groups attached to an aromatic ring is 1. The maximum atomic E-state index is 12.1. The van der Waals surface area contributed by atoms with Crippen LogP contribution in [0.5, 0.6) is 0 Å². The number of carbonyl (C=O) groups is 1. The molecule has 0 bridgehead atoms. The van der Waals surface area contributed by atoms with Gasteiger partial charge in [-0.25, -0.2) is 4.79 Å². The van der Waals surface area contributed by atoms with Gasteiger partial charge in [-0.05, 0) is 32.6 Å². The highest BCUT2D eigenvalue weighted by atomic mass is 16.5. The van der Waals surface area contributed by atoms with Crippen molar-refractivity contribution in [2.75, 3.05) is 25.6 Å². The average Bonchev–Trinajstić information content (AvgIpc) is 3.24. The summed E-state index contributed by atoms with van der Waals surface area (Å²) in [6.07, 6.45) is 3.93. The van der Waals surface area contributed by atoms with Crippen LogP contribution >= 0.6 is 0 Å². The molecule has 0 aromatic carbocycles. The predicted molar refractivity (Wildman–Crippen MR) is 73.7 cm³/mol. The molecule has 1 aromatic rings. The number of hydrogen-bond acceptors (Lipinski definition) is 5. The van der Waals surface area contributed by atoms with E-state index in [0.29, 0.717) is 24.0 Å². The van der Waals surface area contributed by atoms with Crippen LogP contribution in [0.15, 0.2) is 0 Å². The highest BCUT2D eigenvalue weighted by Gasteiger charge is 2.34. The predicted octanol–water partition coefficient (Wildman–Crippen LogP) is 1.87. The number of anilines is 1. The topological polar surface area (TPSA) is 79.4 Å². The molecule has 0 radical (unpaired) electrons. The van der Waals surface area contributed by atoms with Gasteiger partial charge in [-0.3, -0.25) is 4.68 Å². The normalized spacial score (nSPS) is 20.1. The van der Waals surface area contributed by atoms with Crippen LogP contribution in [0.3, 0.4) is 0 Å². The zero-order valence-corrected chi connectivity index (χ0v) is 11.8. The largest absolute Gasteiger partial charge is 0.461 e. The Hall–Kier alpha value is -1.56. The molecule has 1 saturated carbocycles. The van der Waals surface area contributed by atoms with Gasteiger partial charge in [-0.1, -0.05) is 0 Å². The average molecular weight is 279 g/mol. The summed E-state index contributed by atoms with van der Waals surface area (Å²) in [7, 11) is 0. The lowest BCUT2D eigenvalue weighted by Gasteiger charge is -2.20. The van der Waals surface area contributed by atoms with Crippen molar-refractivity contribution in [3.05, 3.63) is 11.4 Å². The molecular weight excluding hydrogens is 258 g/mol. The molecule has 1 saturated heterocycles. The van der Waals surface area contributed by atoms with Crippen LogP contribution in [0.25, 0.3) is 0 Å². The number of carbonyl (C=O) groups excluding carboxylic acids is 1. The first-order valence-corrected chi connectivity index (χ1v) is 7.35. The Morgan fingerprint density at radius 2 is 2.10 bits per heavy atom. The molecule has 0 spiro atoms. The number of ether oxygens (including phenoxy) is 2. The first kappa shape index (κ1) is 13.4. The van der Waals surface area contributed by atoms with Crippen molar-refractivity contribution in [2.45, 2.75) is 44.6 Å². The van der Waals surface area contributed by atoms with E-state index in [2.05, 4.69) is 5.10 Å². The highest BCUT2D eigenvalue weighted by Crippen LogP contribution is 2.40. The molecule has 1 aliphatic carbocycles. The van der Waals surface area contributed by atoms with Crippen LogP contribution in [0, 0.1) is 0 Å². The lowest BCUT2D eigenvalue weighted by Crippen LogP contribution is -2.15. The summed E-state index contributed by atoms with van der Waals surface area (Å²) in [5.74, 6) is -0.0698. The van der Waals surface area contributed by atoms with E-state index in [1.165, 1.54) is 0 Å². The third kappa shape index (κ3) is 2.40. The zero-order chi connectivity index (χ0) is 14.1.